The van der Waals surface area contributed by atoms with Crippen molar-refractivity contribution in [3.05, 3.63) is 45.7 Å². The summed E-state index contributed by atoms with van der Waals surface area (Å²) in [6.45, 7) is 4.26. The molecule has 0 saturated heterocycles. The van der Waals surface area contributed by atoms with Crippen molar-refractivity contribution in [3.63, 3.8) is 0 Å². The number of nitrogens with one attached hydrogen (secondary N) is 2. The van der Waals surface area contributed by atoms with Gasteiger partial charge in [-0.3, -0.25) is 14.7 Å². The molecule has 0 bridgehead atoms. The molecule has 0 aromatic carbocycles. The first-order valence-corrected chi connectivity index (χ1v) is 8.93. The fourth-order valence-corrected chi connectivity index (χ4v) is 3.36. The molecule has 0 radical (unpaired) electrons. The number of carbonyl (C=O) groups excluding carboxylic acids is 1. The van der Waals surface area contributed by atoms with E-state index in [9.17, 15) is 9.59 Å². The second-order valence-corrected chi connectivity index (χ2v) is 6.61. The minimum atomic E-state index is -0.186. The molecule has 0 saturated carbocycles. The van der Waals surface area contributed by atoms with Gasteiger partial charge in [0.05, 0.1) is 22.8 Å². The number of aromatic amines is 1. The molecule has 0 spiro atoms. The largest absolute Gasteiger partial charge is 0.350 e. The summed E-state index contributed by atoms with van der Waals surface area (Å²) in [5, 5.41) is 7.91. The Morgan fingerprint density at radius 1 is 1.38 bits per heavy atom. The minimum absolute atomic E-state index is 0.00696. The molecular formula is C17H20N4O2S. The standard InChI is InChI=1S/C17H20N4O2S/c1-3-11(4-2)17(23)18-10-12-8-16(22)21-15(19-12)9-13(20-21)14-6-5-7-24-14/h5-9,11,20H,3-4,10H2,1-2H3,(H,18,23). The van der Waals surface area contributed by atoms with Crippen LogP contribution in [0.1, 0.15) is 32.4 Å². The van der Waals surface area contributed by atoms with E-state index in [2.05, 4.69) is 15.4 Å². The number of amides is 1. The molecule has 0 aliphatic rings. The zero-order chi connectivity index (χ0) is 17.1. The van der Waals surface area contributed by atoms with E-state index in [1.165, 1.54) is 10.6 Å². The van der Waals surface area contributed by atoms with Gasteiger partial charge in [-0.15, -0.1) is 11.3 Å². The molecule has 3 aromatic rings. The van der Waals surface area contributed by atoms with E-state index in [-0.39, 0.29) is 23.9 Å². The molecule has 0 fully saturated rings. The zero-order valence-corrected chi connectivity index (χ0v) is 14.5. The van der Waals surface area contributed by atoms with Crippen LogP contribution >= 0.6 is 11.3 Å². The molecular weight excluding hydrogens is 324 g/mol. The quantitative estimate of drug-likeness (QED) is 0.722. The van der Waals surface area contributed by atoms with E-state index in [1.807, 2.05) is 37.4 Å². The van der Waals surface area contributed by atoms with Gasteiger partial charge in [0.15, 0.2) is 5.65 Å². The van der Waals surface area contributed by atoms with Crippen LogP contribution in [-0.2, 0) is 11.3 Å². The predicted molar refractivity (Wildman–Crippen MR) is 95.0 cm³/mol. The second kappa shape index (κ2) is 7.00. The lowest BCUT2D eigenvalue weighted by Crippen LogP contribution is -2.30. The van der Waals surface area contributed by atoms with Crippen LogP contribution in [0.15, 0.2) is 34.4 Å². The number of thiophene rings is 1. The number of carbonyl (C=O) groups is 1. The fourth-order valence-electron chi connectivity index (χ4n) is 2.67. The van der Waals surface area contributed by atoms with Crippen LogP contribution in [0.5, 0.6) is 0 Å². The minimum Gasteiger partial charge on any atom is -0.350 e. The van der Waals surface area contributed by atoms with Gasteiger partial charge in [0, 0.05) is 18.1 Å². The molecule has 6 nitrogen and oxygen atoms in total. The van der Waals surface area contributed by atoms with Gasteiger partial charge in [-0.05, 0) is 24.3 Å². The number of rotatable bonds is 6. The summed E-state index contributed by atoms with van der Waals surface area (Å²) in [6.07, 6.45) is 1.61. The van der Waals surface area contributed by atoms with Gasteiger partial charge >= 0.3 is 0 Å². The molecule has 0 unspecified atom stereocenters. The smallest absolute Gasteiger partial charge is 0.272 e. The Bertz CT molecular complexity index is 891. The highest BCUT2D eigenvalue weighted by Gasteiger charge is 2.14. The molecule has 24 heavy (non-hydrogen) atoms. The van der Waals surface area contributed by atoms with Crippen LogP contribution in [0.4, 0.5) is 0 Å². The summed E-state index contributed by atoms with van der Waals surface area (Å²) in [7, 11) is 0. The maximum Gasteiger partial charge on any atom is 0.272 e. The third-order valence-electron chi connectivity index (χ3n) is 4.09. The first-order valence-electron chi connectivity index (χ1n) is 8.05. The van der Waals surface area contributed by atoms with Crippen LogP contribution in [0, 0.1) is 5.92 Å². The number of aromatic nitrogens is 3. The van der Waals surface area contributed by atoms with Gasteiger partial charge in [0.2, 0.25) is 5.91 Å². The number of H-pyrrole nitrogens is 1. The zero-order valence-electron chi connectivity index (χ0n) is 13.7. The second-order valence-electron chi connectivity index (χ2n) is 5.66. The Labute approximate surface area is 143 Å². The maximum atomic E-state index is 12.3. The van der Waals surface area contributed by atoms with Crippen LogP contribution in [-0.4, -0.2) is 20.5 Å². The third-order valence-corrected chi connectivity index (χ3v) is 4.99. The Hall–Kier alpha value is -2.41. The van der Waals surface area contributed by atoms with E-state index in [4.69, 9.17) is 0 Å². The highest BCUT2D eigenvalue weighted by Crippen LogP contribution is 2.23. The predicted octanol–water partition coefficient (Wildman–Crippen LogP) is 2.80. The van der Waals surface area contributed by atoms with Crippen molar-refractivity contribution in [2.75, 3.05) is 0 Å². The lowest BCUT2D eigenvalue weighted by molar-refractivity contribution is -0.125. The van der Waals surface area contributed by atoms with Crippen molar-refractivity contribution in [1.29, 1.82) is 0 Å². The maximum absolute atomic E-state index is 12.3. The molecule has 0 aliphatic heterocycles. The van der Waals surface area contributed by atoms with E-state index in [0.29, 0.717) is 11.3 Å². The molecule has 2 N–H and O–H groups in total. The molecule has 3 aromatic heterocycles. The Morgan fingerprint density at radius 2 is 2.17 bits per heavy atom. The van der Waals surface area contributed by atoms with E-state index >= 15 is 0 Å². The summed E-state index contributed by atoms with van der Waals surface area (Å²) in [6, 6.07) is 7.24. The van der Waals surface area contributed by atoms with Gasteiger partial charge in [-0.1, -0.05) is 19.9 Å². The molecule has 0 atom stereocenters. The lowest BCUT2D eigenvalue weighted by atomic mass is 10.0. The fraction of sp³-hybridized carbons (Fsp3) is 0.353. The molecule has 3 heterocycles. The Balaban J connectivity index is 1.83. The van der Waals surface area contributed by atoms with Crippen molar-refractivity contribution < 1.29 is 4.79 Å². The number of hydrogen-bond donors (Lipinski definition) is 2. The molecule has 126 valence electrons. The first-order chi connectivity index (χ1) is 11.6. The third kappa shape index (κ3) is 3.26. The summed E-state index contributed by atoms with van der Waals surface area (Å²) < 4.78 is 1.42. The topological polar surface area (TPSA) is 79.3 Å². The van der Waals surface area contributed by atoms with Crippen molar-refractivity contribution >= 4 is 22.9 Å². The molecule has 7 heteroatoms. The van der Waals surface area contributed by atoms with Gasteiger partial charge in [-0.2, -0.15) is 0 Å². The van der Waals surface area contributed by atoms with Crippen molar-refractivity contribution in [1.82, 2.24) is 19.9 Å². The molecule has 1 amide bonds. The van der Waals surface area contributed by atoms with Crippen LogP contribution in [0.25, 0.3) is 16.2 Å². The monoisotopic (exact) mass is 344 g/mol. The number of nitrogens with zero attached hydrogens (tertiary/aromatic N) is 2. The van der Waals surface area contributed by atoms with Crippen LogP contribution in [0.3, 0.4) is 0 Å². The van der Waals surface area contributed by atoms with E-state index in [0.717, 1.165) is 23.4 Å². The molecule has 0 aliphatic carbocycles. The van der Waals surface area contributed by atoms with Crippen molar-refractivity contribution in [2.45, 2.75) is 33.2 Å². The van der Waals surface area contributed by atoms with E-state index < -0.39 is 0 Å². The van der Waals surface area contributed by atoms with Crippen LogP contribution in [0.2, 0.25) is 0 Å². The van der Waals surface area contributed by atoms with Gasteiger partial charge < -0.3 is 5.32 Å². The van der Waals surface area contributed by atoms with Gasteiger partial charge in [-0.25, -0.2) is 9.50 Å². The lowest BCUT2D eigenvalue weighted by Gasteiger charge is -2.12. The summed E-state index contributed by atoms with van der Waals surface area (Å²) in [5.74, 6) is 0.0165. The summed E-state index contributed by atoms with van der Waals surface area (Å²) in [4.78, 5) is 29.8. The Morgan fingerprint density at radius 3 is 2.83 bits per heavy atom. The Kier molecular flexibility index (Phi) is 4.80. The summed E-state index contributed by atoms with van der Waals surface area (Å²) in [5.41, 5.74) is 1.79. The highest BCUT2D eigenvalue weighted by atomic mass is 32.1. The molecule has 3 rings (SSSR count). The highest BCUT2D eigenvalue weighted by molar-refractivity contribution is 7.13. The van der Waals surface area contributed by atoms with Crippen LogP contribution < -0.4 is 10.9 Å². The van der Waals surface area contributed by atoms with Gasteiger partial charge in [0.1, 0.15) is 0 Å². The van der Waals surface area contributed by atoms with E-state index in [1.54, 1.807) is 11.3 Å². The van der Waals surface area contributed by atoms with Crippen molar-refractivity contribution in [3.8, 4) is 10.6 Å². The van der Waals surface area contributed by atoms with Gasteiger partial charge in [0.25, 0.3) is 5.56 Å². The normalized spacial score (nSPS) is 11.3. The average molecular weight is 344 g/mol. The van der Waals surface area contributed by atoms with Crippen molar-refractivity contribution in [2.24, 2.45) is 5.92 Å². The average Bonchev–Trinajstić information content (AvgIpc) is 3.23. The first kappa shape index (κ1) is 16.4. The SMILES string of the molecule is CCC(CC)C(=O)NCc1cc(=O)n2[nH]c(-c3cccs3)cc2n1. The number of fused-ring (bicyclic) bond motifs is 1. The summed E-state index contributed by atoms with van der Waals surface area (Å²) >= 11 is 1.59. The number of hydrogen-bond acceptors (Lipinski definition) is 4.